The lowest BCUT2D eigenvalue weighted by atomic mass is 10.1. The Morgan fingerprint density at radius 1 is 0.889 bits per heavy atom. The third-order valence-electron chi connectivity index (χ3n) is 2.98. The molecule has 0 aromatic heterocycles. The summed E-state index contributed by atoms with van der Waals surface area (Å²) < 4.78 is 15.6. The van der Waals surface area contributed by atoms with Gasteiger partial charge in [0.05, 0.1) is 6.54 Å². The highest BCUT2D eigenvalue weighted by Crippen LogP contribution is 2.12. The third kappa shape index (κ3) is 9.75. The molecule has 0 bridgehead atoms. The predicted molar refractivity (Wildman–Crippen MR) is 99.7 cm³/mol. The normalized spacial score (nSPS) is 11.8. The molecule has 0 unspecified atom stereocenters. The Kier molecular flexibility index (Phi) is 7.97. The number of rotatable bonds is 7. The van der Waals surface area contributed by atoms with Gasteiger partial charge in [-0.3, -0.25) is 10.1 Å². The van der Waals surface area contributed by atoms with Crippen LogP contribution >= 0.6 is 0 Å². The SMILES string of the molecule is CC(C)(C)OC(=O)C(NCC(=O)OCc1ccccc1)C(=O)OC(C)(C)C. The summed E-state index contributed by atoms with van der Waals surface area (Å²) in [6.07, 6.45) is 0. The van der Waals surface area contributed by atoms with E-state index in [0.717, 1.165) is 5.56 Å². The largest absolute Gasteiger partial charge is 0.460 e. The van der Waals surface area contributed by atoms with Crippen molar-refractivity contribution in [2.24, 2.45) is 0 Å². The van der Waals surface area contributed by atoms with Crippen molar-refractivity contribution < 1.29 is 28.6 Å². The molecule has 1 aromatic rings. The van der Waals surface area contributed by atoms with Crippen LogP contribution in [0.25, 0.3) is 0 Å². The highest BCUT2D eigenvalue weighted by molar-refractivity contribution is 5.99. The number of ether oxygens (including phenoxy) is 3. The summed E-state index contributed by atoms with van der Waals surface area (Å²) in [5, 5.41) is 2.58. The number of hydrogen-bond acceptors (Lipinski definition) is 7. The van der Waals surface area contributed by atoms with Gasteiger partial charge < -0.3 is 14.2 Å². The number of carbonyl (C=O) groups is 3. The zero-order valence-corrected chi connectivity index (χ0v) is 16.8. The van der Waals surface area contributed by atoms with Gasteiger partial charge in [0.1, 0.15) is 17.8 Å². The van der Waals surface area contributed by atoms with E-state index >= 15 is 0 Å². The first kappa shape index (κ1) is 22.6. The van der Waals surface area contributed by atoms with Crippen LogP contribution in [0, 0.1) is 0 Å². The first-order valence-electron chi connectivity index (χ1n) is 8.76. The standard InChI is InChI=1S/C20H29NO6/c1-19(2,3)26-17(23)16(18(24)27-20(4,5)6)21-12-15(22)25-13-14-10-8-7-9-11-14/h7-11,16,21H,12-13H2,1-6H3. The van der Waals surface area contributed by atoms with E-state index in [4.69, 9.17) is 14.2 Å². The lowest BCUT2D eigenvalue weighted by molar-refractivity contribution is -0.170. The van der Waals surface area contributed by atoms with Crippen molar-refractivity contribution in [1.29, 1.82) is 0 Å². The minimum atomic E-state index is -1.42. The lowest BCUT2D eigenvalue weighted by Gasteiger charge is -2.26. The fourth-order valence-electron chi connectivity index (χ4n) is 1.96. The van der Waals surface area contributed by atoms with E-state index in [1.807, 2.05) is 30.3 Å². The van der Waals surface area contributed by atoms with Crippen LogP contribution in [-0.4, -0.2) is 41.7 Å². The Morgan fingerprint density at radius 3 is 1.81 bits per heavy atom. The molecule has 7 nitrogen and oxygen atoms in total. The second-order valence-corrected chi connectivity index (χ2v) is 8.03. The van der Waals surface area contributed by atoms with Crippen LogP contribution in [0.1, 0.15) is 47.1 Å². The first-order valence-corrected chi connectivity index (χ1v) is 8.76. The van der Waals surface area contributed by atoms with Crippen molar-refractivity contribution >= 4 is 17.9 Å². The van der Waals surface area contributed by atoms with Gasteiger partial charge in [0.15, 0.2) is 0 Å². The van der Waals surface area contributed by atoms with Gasteiger partial charge in [0, 0.05) is 0 Å². The summed E-state index contributed by atoms with van der Waals surface area (Å²) >= 11 is 0. The summed E-state index contributed by atoms with van der Waals surface area (Å²) in [4.78, 5) is 36.6. The monoisotopic (exact) mass is 379 g/mol. The Labute approximate surface area is 160 Å². The van der Waals surface area contributed by atoms with Gasteiger partial charge in [-0.25, -0.2) is 9.59 Å². The van der Waals surface area contributed by atoms with Crippen molar-refractivity contribution in [2.75, 3.05) is 6.54 Å². The molecule has 0 spiro atoms. The molecule has 0 saturated carbocycles. The number of nitrogens with one attached hydrogen (secondary N) is 1. The number of hydrogen-bond donors (Lipinski definition) is 1. The topological polar surface area (TPSA) is 90.9 Å². The molecule has 0 aliphatic heterocycles. The number of esters is 3. The van der Waals surface area contributed by atoms with Gasteiger partial charge in [0.2, 0.25) is 6.04 Å². The van der Waals surface area contributed by atoms with Crippen molar-refractivity contribution in [3.8, 4) is 0 Å². The van der Waals surface area contributed by atoms with E-state index in [2.05, 4.69) is 5.32 Å². The van der Waals surface area contributed by atoms with Crippen molar-refractivity contribution in [2.45, 2.75) is 65.4 Å². The van der Waals surface area contributed by atoms with Crippen molar-refractivity contribution in [3.05, 3.63) is 35.9 Å². The number of benzene rings is 1. The fourth-order valence-corrected chi connectivity index (χ4v) is 1.96. The maximum absolute atomic E-state index is 12.3. The molecule has 7 heteroatoms. The van der Waals surface area contributed by atoms with Crippen molar-refractivity contribution in [1.82, 2.24) is 5.32 Å². The van der Waals surface area contributed by atoms with Crippen LogP contribution in [-0.2, 0) is 35.2 Å². The van der Waals surface area contributed by atoms with Crippen LogP contribution in [0.3, 0.4) is 0 Å². The second-order valence-electron chi connectivity index (χ2n) is 8.03. The van der Waals surface area contributed by atoms with Crippen LogP contribution in [0.15, 0.2) is 30.3 Å². The van der Waals surface area contributed by atoms with Crippen LogP contribution < -0.4 is 5.32 Å². The smallest absolute Gasteiger partial charge is 0.335 e. The molecule has 0 aliphatic carbocycles. The minimum absolute atomic E-state index is 0.102. The van der Waals surface area contributed by atoms with Crippen LogP contribution in [0.2, 0.25) is 0 Å². The third-order valence-corrected chi connectivity index (χ3v) is 2.98. The Hall–Kier alpha value is -2.41. The summed E-state index contributed by atoms with van der Waals surface area (Å²) in [6.45, 7) is 9.88. The van der Waals surface area contributed by atoms with E-state index in [0.29, 0.717) is 0 Å². The van der Waals surface area contributed by atoms with Gasteiger partial charge in [0.25, 0.3) is 0 Å². The van der Waals surface area contributed by atoms with Crippen LogP contribution in [0.4, 0.5) is 0 Å². The zero-order valence-electron chi connectivity index (χ0n) is 16.8. The minimum Gasteiger partial charge on any atom is -0.460 e. The van der Waals surface area contributed by atoms with E-state index in [1.165, 1.54) is 0 Å². The van der Waals surface area contributed by atoms with E-state index in [-0.39, 0.29) is 13.2 Å². The van der Waals surface area contributed by atoms with E-state index in [1.54, 1.807) is 41.5 Å². The Balaban J connectivity index is 2.68. The molecule has 0 aliphatic rings. The molecule has 0 amide bonds. The predicted octanol–water partition coefficient (Wildman–Crippen LogP) is 2.37. The highest BCUT2D eigenvalue weighted by Gasteiger charge is 2.35. The van der Waals surface area contributed by atoms with Gasteiger partial charge in [-0.1, -0.05) is 30.3 Å². The molecule has 150 valence electrons. The average molecular weight is 379 g/mol. The van der Waals surface area contributed by atoms with Gasteiger partial charge in [-0.05, 0) is 47.1 Å². The van der Waals surface area contributed by atoms with Gasteiger partial charge in [-0.2, -0.15) is 0 Å². The molecule has 0 saturated heterocycles. The molecular weight excluding hydrogens is 350 g/mol. The molecule has 1 rings (SSSR count). The first-order chi connectivity index (χ1) is 12.4. The molecular formula is C20H29NO6. The Bertz CT molecular complexity index is 615. The maximum Gasteiger partial charge on any atom is 0.335 e. The zero-order chi connectivity index (χ0) is 20.7. The van der Waals surface area contributed by atoms with E-state index in [9.17, 15) is 14.4 Å². The Morgan fingerprint density at radius 2 is 1.37 bits per heavy atom. The van der Waals surface area contributed by atoms with E-state index < -0.39 is 35.2 Å². The highest BCUT2D eigenvalue weighted by atomic mass is 16.6. The van der Waals surface area contributed by atoms with Crippen molar-refractivity contribution in [3.63, 3.8) is 0 Å². The molecule has 1 N–H and O–H groups in total. The maximum atomic E-state index is 12.3. The summed E-state index contributed by atoms with van der Waals surface area (Å²) in [5.41, 5.74) is -0.735. The molecule has 27 heavy (non-hydrogen) atoms. The second kappa shape index (κ2) is 9.50. The average Bonchev–Trinajstić information content (AvgIpc) is 2.50. The molecule has 0 heterocycles. The number of carbonyl (C=O) groups excluding carboxylic acids is 3. The van der Waals surface area contributed by atoms with Gasteiger partial charge in [-0.15, -0.1) is 0 Å². The molecule has 0 atom stereocenters. The molecule has 1 aromatic carbocycles. The lowest BCUT2D eigenvalue weighted by Crippen LogP contribution is -2.50. The van der Waals surface area contributed by atoms with Gasteiger partial charge >= 0.3 is 17.9 Å². The van der Waals surface area contributed by atoms with Crippen LogP contribution in [0.5, 0.6) is 0 Å². The fraction of sp³-hybridized carbons (Fsp3) is 0.550. The summed E-state index contributed by atoms with van der Waals surface area (Å²) in [5.74, 6) is -2.23. The summed E-state index contributed by atoms with van der Waals surface area (Å²) in [7, 11) is 0. The molecule has 0 radical (unpaired) electrons. The summed E-state index contributed by atoms with van der Waals surface area (Å²) in [6, 6.07) is 7.76. The molecule has 0 fully saturated rings. The quantitative estimate of drug-likeness (QED) is 0.442.